The molecule has 0 saturated carbocycles. The van der Waals surface area contributed by atoms with Gasteiger partial charge >= 0.3 is 0 Å². The molecule has 7 heteroatoms. The quantitative estimate of drug-likeness (QED) is 0.342. The Morgan fingerprint density at radius 1 is 1.00 bits per heavy atom. The summed E-state index contributed by atoms with van der Waals surface area (Å²) >= 11 is 9.63. The highest BCUT2D eigenvalue weighted by atomic mass is 79.9. The summed E-state index contributed by atoms with van der Waals surface area (Å²) in [5, 5.41) is 3.12. The second-order valence-corrected chi connectivity index (χ2v) is 9.34. The minimum Gasteiger partial charge on any atom is -0.354 e. The van der Waals surface area contributed by atoms with Crippen LogP contribution in [0.2, 0.25) is 5.02 Å². The van der Waals surface area contributed by atoms with Crippen molar-refractivity contribution in [2.75, 3.05) is 6.54 Å². The Balaban J connectivity index is 1.98. The number of halogens is 3. The van der Waals surface area contributed by atoms with Gasteiger partial charge in [0.25, 0.3) is 0 Å². The number of nitrogens with zero attached hydrogens (tertiary/aromatic N) is 1. The lowest BCUT2D eigenvalue weighted by molar-refractivity contribution is -0.140. The fraction of sp³-hybridized carbons (Fsp3) is 0.259. The monoisotopic (exact) mass is 544 g/mol. The van der Waals surface area contributed by atoms with E-state index in [0.717, 1.165) is 22.0 Å². The molecular weight excluding hydrogens is 519 g/mol. The van der Waals surface area contributed by atoms with Gasteiger partial charge in [0.15, 0.2) is 0 Å². The molecule has 0 aromatic heterocycles. The first-order valence-corrected chi connectivity index (χ1v) is 12.3. The summed E-state index contributed by atoms with van der Waals surface area (Å²) in [4.78, 5) is 28.4. The molecule has 0 fully saturated rings. The van der Waals surface area contributed by atoms with Gasteiger partial charge < -0.3 is 10.2 Å². The van der Waals surface area contributed by atoms with E-state index in [1.54, 1.807) is 6.07 Å². The zero-order valence-electron chi connectivity index (χ0n) is 18.9. The highest BCUT2D eigenvalue weighted by molar-refractivity contribution is 9.10. The lowest BCUT2D eigenvalue weighted by atomic mass is 10.0. The number of amides is 2. The Morgan fingerprint density at radius 2 is 1.71 bits per heavy atom. The third-order valence-electron chi connectivity index (χ3n) is 5.48. The van der Waals surface area contributed by atoms with E-state index in [1.165, 1.54) is 17.0 Å². The van der Waals surface area contributed by atoms with Crippen LogP contribution in [0.15, 0.2) is 77.3 Å². The van der Waals surface area contributed by atoms with Gasteiger partial charge in [0.05, 0.1) is 6.42 Å². The van der Waals surface area contributed by atoms with E-state index in [-0.39, 0.29) is 35.4 Å². The molecule has 1 N–H and O–H groups in total. The first-order valence-electron chi connectivity index (χ1n) is 11.2. The second kappa shape index (κ2) is 12.7. The molecule has 1 atom stereocenters. The SMILES string of the molecule is CCCNC(=O)C(Cc1ccccc1)N(Cc1ccc(Br)cc1)C(=O)Cc1c(F)cccc1Cl. The maximum Gasteiger partial charge on any atom is 0.243 e. The van der Waals surface area contributed by atoms with Crippen molar-refractivity contribution in [1.82, 2.24) is 10.2 Å². The van der Waals surface area contributed by atoms with Gasteiger partial charge in [0, 0.05) is 34.6 Å². The van der Waals surface area contributed by atoms with Crippen molar-refractivity contribution >= 4 is 39.3 Å². The number of benzene rings is 3. The van der Waals surface area contributed by atoms with Crippen LogP contribution >= 0.6 is 27.5 Å². The van der Waals surface area contributed by atoms with Gasteiger partial charge in [-0.3, -0.25) is 9.59 Å². The van der Waals surface area contributed by atoms with Crippen LogP contribution in [-0.2, 0) is 29.0 Å². The zero-order valence-corrected chi connectivity index (χ0v) is 21.3. The Morgan fingerprint density at radius 3 is 2.35 bits per heavy atom. The lowest BCUT2D eigenvalue weighted by Gasteiger charge is -2.32. The molecule has 0 aliphatic carbocycles. The molecular formula is C27H27BrClFN2O2. The normalized spacial score (nSPS) is 11.6. The number of hydrogen-bond donors (Lipinski definition) is 1. The van der Waals surface area contributed by atoms with Crippen molar-refractivity contribution in [2.24, 2.45) is 0 Å². The van der Waals surface area contributed by atoms with Crippen molar-refractivity contribution in [2.45, 2.75) is 38.8 Å². The maximum absolute atomic E-state index is 14.5. The van der Waals surface area contributed by atoms with Crippen LogP contribution in [0, 0.1) is 5.82 Å². The highest BCUT2D eigenvalue weighted by Gasteiger charge is 2.31. The zero-order chi connectivity index (χ0) is 24.5. The Bertz CT molecular complexity index is 1090. The van der Waals surface area contributed by atoms with Crippen molar-refractivity contribution in [3.05, 3.63) is 105 Å². The molecule has 3 rings (SSSR count). The summed E-state index contributed by atoms with van der Waals surface area (Å²) in [6.45, 7) is 2.68. The van der Waals surface area contributed by atoms with Crippen LogP contribution in [0.5, 0.6) is 0 Å². The number of carbonyl (C=O) groups is 2. The molecule has 0 heterocycles. The van der Waals surface area contributed by atoms with Crippen molar-refractivity contribution in [1.29, 1.82) is 0 Å². The third kappa shape index (κ3) is 7.15. The summed E-state index contributed by atoms with van der Waals surface area (Å²) in [7, 11) is 0. The summed E-state index contributed by atoms with van der Waals surface area (Å²) in [5.74, 6) is -1.15. The Hall–Kier alpha value is -2.70. The summed E-state index contributed by atoms with van der Waals surface area (Å²) < 4.78 is 15.4. The molecule has 0 aliphatic heterocycles. The molecule has 3 aromatic rings. The van der Waals surface area contributed by atoms with Crippen molar-refractivity contribution < 1.29 is 14.0 Å². The van der Waals surface area contributed by atoms with Crippen molar-refractivity contribution in [3.63, 3.8) is 0 Å². The van der Waals surface area contributed by atoms with Crippen LogP contribution in [0.25, 0.3) is 0 Å². The molecule has 1 unspecified atom stereocenters. The molecule has 178 valence electrons. The first kappa shape index (κ1) is 25.9. The molecule has 2 amide bonds. The minimum atomic E-state index is -0.768. The number of hydrogen-bond acceptors (Lipinski definition) is 2. The van der Waals surface area contributed by atoms with Gasteiger partial charge in [-0.25, -0.2) is 4.39 Å². The fourth-order valence-corrected chi connectivity index (χ4v) is 4.15. The highest BCUT2D eigenvalue weighted by Crippen LogP contribution is 2.23. The van der Waals surface area contributed by atoms with E-state index in [0.29, 0.717) is 13.0 Å². The maximum atomic E-state index is 14.5. The predicted octanol–water partition coefficient (Wildman–Crippen LogP) is 5.95. The van der Waals surface area contributed by atoms with E-state index in [9.17, 15) is 14.0 Å². The standard InChI is InChI=1S/C27H27BrClFN2O2/c1-2-15-31-27(34)25(16-19-7-4-3-5-8-19)32(18-20-11-13-21(28)14-12-20)26(33)17-22-23(29)9-6-10-24(22)30/h3-14,25H,2,15-18H2,1H3,(H,31,34). The number of nitrogens with one attached hydrogen (secondary N) is 1. The van der Waals surface area contributed by atoms with Crippen LogP contribution in [-0.4, -0.2) is 29.3 Å². The molecule has 34 heavy (non-hydrogen) atoms. The average molecular weight is 546 g/mol. The van der Waals surface area contributed by atoms with Gasteiger partial charge in [0.1, 0.15) is 11.9 Å². The number of rotatable bonds is 10. The van der Waals surface area contributed by atoms with Gasteiger partial charge in [-0.15, -0.1) is 0 Å². The van der Waals surface area contributed by atoms with Gasteiger partial charge in [-0.1, -0.05) is 83.0 Å². The van der Waals surface area contributed by atoms with E-state index >= 15 is 0 Å². The molecule has 0 bridgehead atoms. The fourth-order valence-electron chi connectivity index (χ4n) is 3.66. The Kier molecular flexibility index (Phi) is 9.66. The minimum absolute atomic E-state index is 0.127. The van der Waals surface area contributed by atoms with Crippen LogP contribution < -0.4 is 5.32 Å². The van der Waals surface area contributed by atoms with Gasteiger partial charge in [-0.2, -0.15) is 0 Å². The van der Waals surface area contributed by atoms with E-state index < -0.39 is 11.9 Å². The molecule has 0 radical (unpaired) electrons. The van der Waals surface area contributed by atoms with Gasteiger partial charge in [0.2, 0.25) is 11.8 Å². The average Bonchev–Trinajstić information content (AvgIpc) is 2.84. The first-order chi connectivity index (χ1) is 16.4. The summed E-state index contributed by atoms with van der Waals surface area (Å²) in [6, 6.07) is 20.7. The third-order valence-corrected chi connectivity index (χ3v) is 6.36. The summed E-state index contributed by atoms with van der Waals surface area (Å²) in [6.07, 6.45) is 0.868. The smallest absolute Gasteiger partial charge is 0.243 e. The molecule has 4 nitrogen and oxygen atoms in total. The molecule has 3 aromatic carbocycles. The molecule has 0 spiro atoms. The second-order valence-electron chi connectivity index (χ2n) is 8.02. The summed E-state index contributed by atoms with van der Waals surface area (Å²) in [5.41, 5.74) is 1.91. The lowest BCUT2D eigenvalue weighted by Crippen LogP contribution is -2.51. The Labute approximate surface area is 213 Å². The topological polar surface area (TPSA) is 49.4 Å². The van der Waals surface area contributed by atoms with Gasteiger partial charge in [-0.05, 0) is 41.8 Å². The molecule has 0 saturated heterocycles. The van der Waals surface area contributed by atoms with Crippen molar-refractivity contribution in [3.8, 4) is 0 Å². The number of carbonyl (C=O) groups excluding carboxylic acids is 2. The van der Waals surface area contributed by atoms with Crippen LogP contribution in [0.4, 0.5) is 4.39 Å². The van der Waals surface area contributed by atoms with E-state index in [4.69, 9.17) is 11.6 Å². The van der Waals surface area contributed by atoms with Crippen LogP contribution in [0.3, 0.4) is 0 Å². The van der Waals surface area contributed by atoms with E-state index in [1.807, 2.05) is 61.5 Å². The largest absolute Gasteiger partial charge is 0.354 e. The van der Waals surface area contributed by atoms with E-state index in [2.05, 4.69) is 21.2 Å². The van der Waals surface area contributed by atoms with Crippen LogP contribution in [0.1, 0.15) is 30.0 Å². The predicted molar refractivity (Wildman–Crippen MR) is 137 cm³/mol. The molecule has 0 aliphatic rings.